The summed E-state index contributed by atoms with van der Waals surface area (Å²) in [6.45, 7) is 0.115. The molecule has 0 atom stereocenters. The molecule has 1 N–H and O–H groups in total. The van der Waals surface area contributed by atoms with Gasteiger partial charge in [0.2, 0.25) is 10.0 Å². The molecule has 2 aromatic heterocycles. The molecule has 208 valence electrons. The fraction of sp³-hybridized carbons (Fsp3) is 0.125. The Morgan fingerprint density at radius 2 is 1.71 bits per heavy atom. The fourth-order valence-electron chi connectivity index (χ4n) is 4.63. The summed E-state index contributed by atoms with van der Waals surface area (Å²) in [5, 5.41) is 1.10. The Hall–Kier alpha value is -4.73. The van der Waals surface area contributed by atoms with E-state index in [4.69, 9.17) is 9.47 Å². The molecule has 2 heterocycles. The number of pyridine rings is 1. The molecular weight excluding hydrogens is 538 g/mol. The molecule has 3 aromatic carbocycles. The number of para-hydroxylation sites is 1. The van der Waals surface area contributed by atoms with Crippen LogP contribution in [-0.2, 0) is 23.6 Å². The van der Waals surface area contributed by atoms with Crippen LogP contribution in [0.25, 0.3) is 28.2 Å². The average molecular weight is 568 g/mol. The minimum Gasteiger partial charge on any atom is -0.496 e. The molecule has 0 saturated heterocycles. The average Bonchev–Trinajstić information content (AvgIpc) is 3.35. The van der Waals surface area contributed by atoms with Crippen molar-refractivity contribution < 1.29 is 22.7 Å². The van der Waals surface area contributed by atoms with E-state index in [2.05, 4.69) is 32.5 Å². The van der Waals surface area contributed by atoms with E-state index in [9.17, 15) is 13.2 Å². The summed E-state index contributed by atoms with van der Waals surface area (Å²) < 4.78 is 41.3. The van der Waals surface area contributed by atoms with Crippen LogP contribution < -0.4 is 14.2 Å². The predicted molar refractivity (Wildman–Crippen MR) is 160 cm³/mol. The van der Waals surface area contributed by atoms with Gasteiger partial charge in [-0.3, -0.25) is 9.78 Å². The molecule has 0 spiro atoms. The number of ether oxygens (including phenoxy) is 2. The summed E-state index contributed by atoms with van der Waals surface area (Å²) in [5.41, 5.74) is 4.69. The molecule has 0 bridgehead atoms. The number of carbonyl (C=O) groups is 1. The first kappa shape index (κ1) is 27.8. The number of benzene rings is 3. The van der Waals surface area contributed by atoms with Crippen molar-refractivity contribution in [2.45, 2.75) is 11.4 Å². The quantitative estimate of drug-likeness (QED) is 0.173. The van der Waals surface area contributed by atoms with E-state index in [1.807, 2.05) is 25.2 Å². The van der Waals surface area contributed by atoms with Gasteiger partial charge in [-0.2, -0.15) is 0 Å². The number of nitrogens with zero attached hydrogens (tertiary/aromatic N) is 2. The molecule has 0 aliphatic carbocycles. The minimum atomic E-state index is -3.75. The maximum absolute atomic E-state index is 13.0. The highest BCUT2D eigenvalue weighted by molar-refractivity contribution is 7.89. The normalized spacial score (nSPS) is 11.7. The van der Waals surface area contributed by atoms with Gasteiger partial charge in [0.05, 0.1) is 24.8 Å². The summed E-state index contributed by atoms with van der Waals surface area (Å²) in [5.74, 6) is 0.918. The van der Waals surface area contributed by atoms with Gasteiger partial charge in [-0.15, -0.1) is 0 Å². The molecule has 8 nitrogen and oxygen atoms in total. The summed E-state index contributed by atoms with van der Waals surface area (Å²) in [6.07, 6.45) is 6.35. The zero-order valence-electron chi connectivity index (χ0n) is 22.9. The topological polar surface area (TPSA) is 99.5 Å². The van der Waals surface area contributed by atoms with Crippen LogP contribution in [0.3, 0.4) is 0 Å². The maximum Gasteiger partial charge on any atom is 0.240 e. The Morgan fingerprint density at radius 1 is 0.951 bits per heavy atom. The van der Waals surface area contributed by atoms with Gasteiger partial charge >= 0.3 is 0 Å². The third kappa shape index (κ3) is 5.91. The number of rotatable bonds is 10. The number of nitrogens with one attached hydrogen (secondary N) is 1. The highest BCUT2D eigenvalue weighted by atomic mass is 32.2. The van der Waals surface area contributed by atoms with Gasteiger partial charge in [-0.25, -0.2) is 13.1 Å². The van der Waals surface area contributed by atoms with Crippen molar-refractivity contribution in [3.8, 4) is 22.8 Å². The van der Waals surface area contributed by atoms with Crippen LogP contribution in [0.5, 0.6) is 11.5 Å². The minimum absolute atomic E-state index is 0.0679. The van der Waals surface area contributed by atoms with Crippen molar-refractivity contribution in [3.05, 3.63) is 114 Å². The van der Waals surface area contributed by atoms with Crippen molar-refractivity contribution in [3.63, 3.8) is 0 Å². The van der Waals surface area contributed by atoms with E-state index in [-0.39, 0.29) is 17.2 Å². The van der Waals surface area contributed by atoms with Gasteiger partial charge in [0, 0.05) is 59.6 Å². The zero-order valence-corrected chi connectivity index (χ0v) is 23.7. The smallest absolute Gasteiger partial charge is 0.240 e. The Bertz CT molecular complexity index is 1840. The Labute approximate surface area is 238 Å². The number of hydrogen-bond acceptors (Lipinski definition) is 6. The Kier molecular flexibility index (Phi) is 8.00. The van der Waals surface area contributed by atoms with Gasteiger partial charge in [0.25, 0.3) is 0 Å². The highest BCUT2D eigenvalue weighted by Gasteiger charge is 2.17. The lowest BCUT2D eigenvalue weighted by Crippen LogP contribution is -2.23. The van der Waals surface area contributed by atoms with E-state index in [0.717, 1.165) is 27.7 Å². The standard InChI is InChI=1S/C32H29N3O5S/c1-35-28-9-5-4-8-24(28)18-29(35)27-17-25(31(39-2)19-32(27)40-3)12-15-30(36)23-10-13-26(14-11-23)41(37,38)34-21-22-7-6-16-33-20-22/h4-20,34H,21H2,1-3H3/b15-12+. The molecule has 5 aromatic rings. The number of allylic oxidation sites excluding steroid dienone is 1. The largest absolute Gasteiger partial charge is 0.496 e. The number of methoxy groups -OCH3 is 2. The van der Waals surface area contributed by atoms with E-state index >= 15 is 0 Å². The summed E-state index contributed by atoms with van der Waals surface area (Å²) >= 11 is 0. The van der Waals surface area contributed by atoms with Gasteiger partial charge < -0.3 is 14.0 Å². The number of fused-ring (bicyclic) bond motifs is 1. The number of carbonyl (C=O) groups excluding carboxylic acids is 1. The second-order valence-electron chi connectivity index (χ2n) is 9.35. The molecule has 0 saturated carbocycles. The van der Waals surface area contributed by atoms with Crippen LogP contribution in [0.15, 0.2) is 102 Å². The second kappa shape index (κ2) is 11.8. The molecular formula is C32H29N3O5S. The Balaban J connectivity index is 1.38. The van der Waals surface area contributed by atoms with Crippen LogP contribution in [0.1, 0.15) is 21.5 Å². The highest BCUT2D eigenvalue weighted by Crippen LogP contribution is 2.38. The summed E-state index contributed by atoms with van der Waals surface area (Å²) in [7, 11) is 1.42. The van der Waals surface area contributed by atoms with Crippen LogP contribution >= 0.6 is 0 Å². The lowest BCUT2D eigenvalue weighted by atomic mass is 10.0. The molecule has 9 heteroatoms. The first-order chi connectivity index (χ1) is 19.8. The fourth-order valence-corrected chi connectivity index (χ4v) is 5.64. The zero-order chi connectivity index (χ0) is 29.0. The number of sulfonamides is 1. The van der Waals surface area contributed by atoms with Crippen molar-refractivity contribution in [2.75, 3.05) is 14.2 Å². The Morgan fingerprint density at radius 3 is 2.39 bits per heavy atom. The lowest BCUT2D eigenvalue weighted by molar-refractivity contribution is 0.104. The number of aryl methyl sites for hydroxylation is 1. The molecule has 41 heavy (non-hydrogen) atoms. The van der Waals surface area contributed by atoms with E-state index in [0.29, 0.717) is 22.6 Å². The van der Waals surface area contributed by atoms with Crippen LogP contribution in [-0.4, -0.2) is 38.0 Å². The SMILES string of the molecule is COc1cc(OC)c(-c2cc3ccccc3n2C)cc1/C=C/C(=O)c1ccc(S(=O)(=O)NCc2cccnc2)cc1. The third-order valence-electron chi connectivity index (χ3n) is 6.83. The molecule has 0 amide bonds. The first-order valence-corrected chi connectivity index (χ1v) is 14.3. The number of ketones is 1. The van der Waals surface area contributed by atoms with Crippen molar-refractivity contribution in [1.29, 1.82) is 0 Å². The van der Waals surface area contributed by atoms with Gasteiger partial charge in [0.1, 0.15) is 11.5 Å². The van der Waals surface area contributed by atoms with Crippen molar-refractivity contribution >= 4 is 32.8 Å². The monoisotopic (exact) mass is 567 g/mol. The number of aromatic nitrogens is 2. The summed E-state index contributed by atoms with van der Waals surface area (Å²) in [6, 6.07) is 23.3. The van der Waals surface area contributed by atoms with E-state index < -0.39 is 10.0 Å². The van der Waals surface area contributed by atoms with Gasteiger partial charge in [-0.1, -0.05) is 24.3 Å². The van der Waals surface area contributed by atoms with E-state index in [1.165, 1.54) is 30.3 Å². The van der Waals surface area contributed by atoms with Gasteiger partial charge in [-0.05, 0) is 66.2 Å². The lowest BCUT2D eigenvalue weighted by Gasteiger charge is -2.14. The molecule has 5 rings (SSSR count). The maximum atomic E-state index is 13.0. The number of hydrogen-bond donors (Lipinski definition) is 1. The van der Waals surface area contributed by atoms with Crippen LogP contribution in [0.4, 0.5) is 0 Å². The molecule has 0 aliphatic heterocycles. The molecule has 0 unspecified atom stereocenters. The van der Waals surface area contributed by atoms with Crippen LogP contribution in [0, 0.1) is 0 Å². The van der Waals surface area contributed by atoms with Crippen LogP contribution in [0.2, 0.25) is 0 Å². The third-order valence-corrected chi connectivity index (χ3v) is 8.25. The van der Waals surface area contributed by atoms with Gasteiger partial charge in [0.15, 0.2) is 5.78 Å². The second-order valence-corrected chi connectivity index (χ2v) is 11.1. The van der Waals surface area contributed by atoms with Crippen molar-refractivity contribution in [1.82, 2.24) is 14.3 Å². The summed E-state index contributed by atoms with van der Waals surface area (Å²) in [4.78, 5) is 17.1. The first-order valence-electron chi connectivity index (χ1n) is 12.8. The van der Waals surface area contributed by atoms with E-state index in [1.54, 1.807) is 50.9 Å². The molecule has 0 fully saturated rings. The molecule has 0 aliphatic rings. The predicted octanol–water partition coefficient (Wildman–Crippen LogP) is 5.63. The van der Waals surface area contributed by atoms with Crippen molar-refractivity contribution in [2.24, 2.45) is 7.05 Å². The molecule has 0 radical (unpaired) electrons.